The fourth-order valence-corrected chi connectivity index (χ4v) is 2.29. The number of anilines is 1. The maximum absolute atomic E-state index is 10.7. The lowest BCUT2D eigenvalue weighted by Gasteiger charge is -2.19. The van der Waals surface area contributed by atoms with Gasteiger partial charge in [0.1, 0.15) is 23.6 Å². The van der Waals surface area contributed by atoms with Gasteiger partial charge in [0.05, 0.1) is 4.92 Å². The van der Waals surface area contributed by atoms with E-state index < -0.39 is 4.92 Å². The van der Waals surface area contributed by atoms with Crippen LogP contribution in [0.1, 0.15) is 18.9 Å². The number of pyridine rings is 1. The van der Waals surface area contributed by atoms with Crippen molar-refractivity contribution in [3.05, 3.63) is 27.9 Å². The first-order valence-corrected chi connectivity index (χ1v) is 6.08. The molecule has 1 aliphatic rings. The molecule has 1 aromatic rings. The zero-order chi connectivity index (χ0) is 14.0. The van der Waals surface area contributed by atoms with Crippen LogP contribution in [-0.4, -0.2) is 29.0 Å². The quantitative estimate of drug-likeness (QED) is 0.643. The molecular formula is C12H15N5O2. The Morgan fingerprint density at radius 3 is 3.00 bits per heavy atom. The fourth-order valence-electron chi connectivity index (χ4n) is 2.29. The maximum Gasteiger partial charge on any atom is 0.289 e. The molecule has 0 aliphatic carbocycles. The molecule has 7 heteroatoms. The third-order valence-corrected chi connectivity index (χ3v) is 3.45. The topological polar surface area (TPSA) is 109 Å². The normalized spacial score (nSPS) is 20.1. The van der Waals surface area contributed by atoms with E-state index in [0.717, 1.165) is 19.5 Å². The number of nitrogens with zero attached hydrogens (tertiary/aromatic N) is 4. The van der Waals surface area contributed by atoms with Gasteiger partial charge in [-0.3, -0.25) is 10.1 Å². The number of nitriles is 1. The van der Waals surface area contributed by atoms with Gasteiger partial charge >= 0.3 is 0 Å². The van der Waals surface area contributed by atoms with E-state index in [0.29, 0.717) is 11.7 Å². The first-order chi connectivity index (χ1) is 9.02. The van der Waals surface area contributed by atoms with Crippen LogP contribution in [0, 0.1) is 27.4 Å². The molecule has 0 spiro atoms. The van der Waals surface area contributed by atoms with E-state index in [-0.39, 0.29) is 17.3 Å². The standard InChI is InChI=1S/C12H15N5O2/c1-8(14)9-2-3-16(7-9)12-10(5-13)4-11(6-15-12)17(18)19/h4,6,8-9H,2-3,7,14H2,1H3. The summed E-state index contributed by atoms with van der Waals surface area (Å²) in [7, 11) is 0. The average Bonchev–Trinajstić information content (AvgIpc) is 2.87. The summed E-state index contributed by atoms with van der Waals surface area (Å²) in [5, 5.41) is 19.8. The van der Waals surface area contributed by atoms with E-state index in [1.807, 2.05) is 17.9 Å². The SMILES string of the molecule is CC(N)C1CCN(c2ncc([N+](=O)[O-])cc2C#N)C1. The van der Waals surface area contributed by atoms with Crippen molar-refractivity contribution in [3.63, 3.8) is 0 Å². The van der Waals surface area contributed by atoms with Crippen molar-refractivity contribution in [2.45, 2.75) is 19.4 Å². The summed E-state index contributed by atoms with van der Waals surface area (Å²) in [6, 6.07) is 3.33. The van der Waals surface area contributed by atoms with Crippen LogP contribution >= 0.6 is 0 Å². The van der Waals surface area contributed by atoms with E-state index in [1.165, 1.54) is 12.3 Å². The molecule has 1 saturated heterocycles. The Balaban J connectivity index is 2.27. The lowest BCUT2D eigenvalue weighted by atomic mass is 10.0. The van der Waals surface area contributed by atoms with E-state index in [4.69, 9.17) is 11.0 Å². The predicted octanol–water partition coefficient (Wildman–Crippen LogP) is 1.03. The van der Waals surface area contributed by atoms with Gasteiger partial charge in [0, 0.05) is 25.2 Å². The van der Waals surface area contributed by atoms with Crippen molar-refractivity contribution in [3.8, 4) is 6.07 Å². The summed E-state index contributed by atoms with van der Waals surface area (Å²) in [6.07, 6.45) is 2.14. The minimum atomic E-state index is -0.549. The van der Waals surface area contributed by atoms with Gasteiger partial charge in [-0.1, -0.05) is 0 Å². The lowest BCUT2D eigenvalue weighted by Crippen LogP contribution is -2.30. The van der Waals surface area contributed by atoms with Crippen molar-refractivity contribution in [2.24, 2.45) is 11.7 Å². The maximum atomic E-state index is 10.7. The predicted molar refractivity (Wildman–Crippen MR) is 69.6 cm³/mol. The van der Waals surface area contributed by atoms with Gasteiger partial charge in [-0.25, -0.2) is 4.98 Å². The third kappa shape index (κ3) is 2.63. The molecule has 0 radical (unpaired) electrons. The summed E-state index contributed by atoms with van der Waals surface area (Å²) >= 11 is 0. The molecule has 1 aromatic heterocycles. The fraction of sp³-hybridized carbons (Fsp3) is 0.500. The Morgan fingerprint density at radius 1 is 1.74 bits per heavy atom. The molecule has 1 aliphatic heterocycles. The minimum absolute atomic E-state index is 0.0913. The van der Waals surface area contributed by atoms with Crippen LogP contribution in [0.2, 0.25) is 0 Å². The highest BCUT2D eigenvalue weighted by Gasteiger charge is 2.28. The van der Waals surface area contributed by atoms with Crippen LogP contribution < -0.4 is 10.6 Å². The van der Waals surface area contributed by atoms with Crippen molar-refractivity contribution >= 4 is 11.5 Å². The van der Waals surface area contributed by atoms with Crippen molar-refractivity contribution in [2.75, 3.05) is 18.0 Å². The molecule has 100 valence electrons. The molecule has 0 saturated carbocycles. The van der Waals surface area contributed by atoms with Crippen LogP contribution in [0.5, 0.6) is 0 Å². The molecule has 0 aromatic carbocycles. The minimum Gasteiger partial charge on any atom is -0.355 e. The van der Waals surface area contributed by atoms with Gasteiger partial charge in [-0.15, -0.1) is 0 Å². The molecular weight excluding hydrogens is 246 g/mol. The molecule has 0 bridgehead atoms. The van der Waals surface area contributed by atoms with E-state index in [9.17, 15) is 10.1 Å². The highest BCUT2D eigenvalue weighted by Crippen LogP contribution is 2.27. The Labute approximate surface area is 110 Å². The highest BCUT2D eigenvalue weighted by atomic mass is 16.6. The van der Waals surface area contributed by atoms with E-state index in [1.54, 1.807) is 0 Å². The average molecular weight is 261 g/mol. The Bertz CT molecular complexity index is 537. The van der Waals surface area contributed by atoms with Crippen LogP contribution in [0.15, 0.2) is 12.3 Å². The zero-order valence-electron chi connectivity index (χ0n) is 10.6. The second-order valence-corrected chi connectivity index (χ2v) is 4.79. The summed E-state index contributed by atoms with van der Waals surface area (Å²) < 4.78 is 0. The number of nitro groups is 1. The number of rotatable bonds is 3. The molecule has 7 nitrogen and oxygen atoms in total. The third-order valence-electron chi connectivity index (χ3n) is 3.45. The Hall–Kier alpha value is -2.20. The zero-order valence-corrected chi connectivity index (χ0v) is 10.6. The first kappa shape index (κ1) is 13.2. The molecule has 2 unspecified atom stereocenters. The largest absolute Gasteiger partial charge is 0.355 e. The van der Waals surface area contributed by atoms with Crippen molar-refractivity contribution in [1.29, 1.82) is 5.26 Å². The molecule has 0 amide bonds. The van der Waals surface area contributed by atoms with Gasteiger partial charge < -0.3 is 10.6 Å². The van der Waals surface area contributed by atoms with Crippen molar-refractivity contribution in [1.82, 2.24) is 4.98 Å². The van der Waals surface area contributed by atoms with E-state index in [2.05, 4.69) is 4.98 Å². The molecule has 1 fully saturated rings. The second-order valence-electron chi connectivity index (χ2n) is 4.79. The number of hydrogen-bond donors (Lipinski definition) is 1. The molecule has 2 rings (SSSR count). The van der Waals surface area contributed by atoms with E-state index >= 15 is 0 Å². The molecule has 2 N–H and O–H groups in total. The molecule has 2 heterocycles. The summed E-state index contributed by atoms with van der Waals surface area (Å²) in [5.74, 6) is 0.875. The van der Waals surface area contributed by atoms with Crippen LogP contribution in [0.3, 0.4) is 0 Å². The van der Waals surface area contributed by atoms with Crippen LogP contribution in [0.25, 0.3) is 0 Å². The van der Waals surface area contributed by atoms with Gasteiger partial charge in [0.25, 0.3) is 5.69 Å². The molecule has 19 heavy (non-hydrogen) atoms. The van der Waals surface area contributed by atoms with Gasteiger partial charge in [-0.05, 0) is 19.3 Å². The molecule has 2 atom stereocenters. The number of nitrogens with two attached hydrogens (primary N) is 1. The number of aromatic nitrogens is 1. The van der Waals surface area contributed by atoms with Crippen molar-refractivity contribution < 1.29 is 4.92 Å². The summed E-state index contributed by atoms with van der Waals surface area (Å²) in [4.78, 5) is 16.2. The summed E-state index contributed by atoms with van der Waals surface area (Å²) in [5.41, 5.74) is 5.94. The smallest absolute Gasteiger partial charge is 0.289 e. The Morgan fingerprint density at radius 2 is 2.47 bits per heavy atom. The van der Waals surface area contributed by atoms with Crippen LogP contribution in [-0.2, 0) is 0 Å². The van der Waals surface area contributed by atoms with Gasteiger partial charge in [0.15, 0.2) is 0 Å². The highest BCUT2D eigenvalue weighted by molar-refractivity contribution is 5.57. The summed E-state index contributed by atoms with van der Waals surface area (Å²) in [6.45, 7) is 3.46. The number of hydrogen-bond acceptors (Lipinski definition) is 6. The monoisotopic (exact) mass is 261 g/mol. The Kier molecular flexibility index (Phi) is 3.62. The second kappa shape index (κ2) is 5.20. The van der Waals surface area contributed by atoms with Gasteiger partial charge in [0.2, 0.25) is 0 Å². The lowest BCUT2D eigenvalue weighted by molar-refractivity contribution is -0.385. The van der Waals surface area contributed by atoms with Gasteiger partial charge in [-0.2, -0.15) is 5.26 Å². The van der Waals surface area contributed by atoms with Crippen LogP contribution in [0.4, 0.5) is 11.5 Å². The first-order valence-electron chi connectivity index (χ1n) is 6.08.